The van der Waals surface area contributed by atoms with Crippen molar-refractivity contribution >= 4 is 21.9 Å². The van der Waals surface area contributed by atoms with Gasteiger partial charge in [0, 0.05) is 4.47 Å². The lowest BCUT2D eigenvalue weighted by Gasteiger charge is -2.09. The number of carbonyl (C=O) groups excluding carboxylic acids is 1. The highest BCUT2D eigenvalue weighted by atomic mass is 79.9. The monoisotopic (exact) mass is 304 g/mol. The van der Waals surface area contributed by atoms with Crippen molar-refractivity contribution in [3.63, 3.8) is 0 Å². The summed E-state index contributed by atoms with van der Waals surface area (Å²) in [6, 6.07) is 2.83. The van der Waals surface area contributed by atoms with Crippen LogP contribution in [0.4, 0.5) is 8.78 Å². The van der Waals surface area contributed by atoms with Gasteiger partial charge in [-0.3, -0.25) is 0 Å². The number of nitriles is 1. The fourth-order valence-electron chi connectivity index (χ4n) is 1.15. The minimum atomic E-state index is -2.96. The fraction of sp³-hybridized carbons (Fsp3) is 0.300. The summed E-state index contributed by atoms with van der Waals surface area (Å²) in [6.07, 6.45) is -2.96. The molecule has 1 heterocycles. The van der Waals surface area contributed by atoms with Crippen LogP contribution in [0.3, 0.4) is 0 Å². The van der Waals surface area contributed by atoms with Crippen molar-refractivity contribution in [2.24, 2.45) is 0 Å². The van der Waals surface area contributed by atoms with Crippen LogP contribution in [0.25, 0.3) is 0 Å². The van der Waals surface area contributed by atoms with Crippen LogP contribution in [-0.4, -0.2) is 17.6 Å². The second-order valence-electron chi connectivity index (χ2n) is 2.88. The largest absolute Gasteiger partial charge is 0.462 e. The van der Waals surface area contributed by atoms with E-state index in [0.29, 0.717) is 0 Å². The lowest BCUT2D eigenvalue weighted by atomic mass is 10.2. The van der Waals surface area contributed by atoms with E-state index in [9.17, 15) is 13.6 Å². The number of esters is 1. The summed E-state index contributed by atoms with van der Waals surface area (Å²) in [7, 11) is 0. The molecule has 90 valence electrons. The molecule has 1 rings (SSSR count). The molecule has 1 aromatic heterocycles. The van der Waals surface area contributed by atoms with Crippen molar-refractivity contribution in [1.29, 1.82) is 5.26 Å². The third-order valence-corrected chi connectivity index (χ3v) is 2.43. The van der Waals surface area contributed by atoms with Crippen LogP contribution >= 0.6 is 15.9 Å². The van der Waals surface area contributed by atoms with E-state index in [2.05, 4.69) is 25.7 Å². The lowest BCUT2D eigenvalue weighted by Crippen LogP contribution is -2.12. The van der Waals surface area contributed by atoms with Gasteiger partial charge in [-0.1, -0.05) is 0 Å². The third-order valence-electron chi connectivity index (χ3n) is 1.80. The molecule has 4 nitrogen and oxygen atoms in total. The van der Waals surface area contributed by atoms with E-state index in [1.807, 2.05) is 0 Å². The zero-order valence-electron chi connectivity index (χ0n) is 8.71. The molecule has 0 N–H and O–H groups in total. The van der Waals surface area contributed by atoms with E-state index in [1.165, 1.54) is 6.07 Å². The quantitative estimate of drug-likeness (QED) is 0.806. The van der Waals surface area contributed by atoms with Crippen LogP contribution in [0.1, 0.15) is 35.1 Å². The minimum absolute atomic E-state index is 0.0634. The second kappa shape index (κ2) is 5.68. The molecule has 0 atom stereocenters. The summed E-state index contributed by atoms with van der Waals surface area (Å²) in [5.74, 6) is -0.897. The maximum absolute atomic E-state index is 12.7. The van der Waals surface area contributed by atoms with Gasteiger partial charge >= 0.3 is 5.97 Å². The molecule has 17 heavy (non-hydrogen) atoms. The van der Waals surface area contributed by atoms with Crippen LogP contribution < -0.4 is 0 Å². The molecule has 0 fully saturated rings. The van der Waals surface area contributed by atoms with Crippen LogP contribution in [-0.2, 0) is 4.74 Å². The smallest absolute Gasteiger partial charge is 0.341 e. The number of aromatic nitrogens is 1. The van der Waals surface area contributed by atoms with Crippen LogP contribution in [0.5, 0.6) is 0 Å². The zero-order valence-corrected chi connectivity index (χ0v) is 10.3. The van der Waals surface area contributed by atoms with Crippen molar-refractivity contribution in [1.82, 2.24) is 4.98 Å². The maximum Gasteiger partial charge on any atom is 0.341 e. The number of carbonyl (C=O) groups is 1. The normalized spacial score (nSPS) is 10.1. The zero-order chi connectivity index (χ0) is 13.0. The highest BCUT2D eigenvalue weighted by Gasteiger charge is 2.25. The third kappa shape index (κ3) is 2.97. The maximum atomic E-state index is 12.7. The number of halogens is 3. The Morgan fingerprint density at radius 3 is 2.82 bits per heavy atom. The van der Waals surface area contributed by atoms with E-state index >= 15 is 0 Å². The van der Waals surface area contributed by atoms with Gasteiger partial charge in [0.25, 0.3) is 6.43 Å². The summed E-state index contributed by atoms with van der Waals surface area (Å²) in [5.41, 5.74) is -1.30. The van der Waals surface area contributed by atoms with Crippen molar-refractivity contribution < 1.29 is 18.3 Å². The van der Waals surface area contributed by atoms with E-state index < -0.39 is 18.1 Å². The molecule has 0 amide bonds. The number of pyridine rings is 1. The standard InChI is InChI=1S/C10H7BrF2N2O2/c1-2-17-10(16)7-6(11)3-5(4-14)15-8(7)9(12)13/h3,9H,2H2,1H3. The molecule has 0 aliphatic carbocycles. The predicted molar refractivity (Wildman–Crippen MR) is 57.6 cm³/mol. The van der Waals surface area contributed by atoms with E-state index in [4.69, 9.17) is 5.26 Å². The van der Waals surface area contributed by atoms with Gasteiger partial charge in [0.1, 0.15) is 23.0 Å². The van der Waals surface area contributed by atoms with Gasteiger partial charge in [0.05, 0.1) is 6.61 Å². The topological polar surface area (TPSA) is 63.0 Å². The van der Waals surface area contributed by atoms with Gasteiger partial charge in [-0.25, -0.2) is 18.6 Å². The van der Waals surface area contributed by atoms with Gasteiger partial charge in [0.15, 0.2) is 0 Å². The number of rotatable bonds is 3. The molecule has 0 aliphatic rings. The molecule has 1 aromatic rings. The van der Waals surface area contributed by atoms with E-state index in [1.54, 1.807) is 13.0 Å². The molecule has 0 spiro atoms. The molecule has 0 aliphatic heterocycles. The molecule has 0 saturated carbocycles. The van der Waals surface area contributed by atoms with Crippen LogP contribution in [0.15, 0.2) is 10.5 Å². The minimum Gasteiger partial charge on any atom is -0.462 e. The Bertz CT molecular complexity index is 486. The molecular formula is C10H7BrF2N2O2. The SMILES string of the molecule is CCOC(=O)c1c(Br)cc(C#N)nc1C(F)F. The molecule has 7 heteroatoms. The summed E-state index contributed by atoms with van der Waals surface area (Å²) in [6.45, 7) is 1.62. The lowest BCUT2D eigenvalue weighted by molar-refractivity contribution is 0.0512. The van der Waals surface area contributed by atoms with Crippen molar-refractivity contribution in [3.05, 3.63) is 27.5 Å². The van der Waals surface area contributed by atoms with Crippen molar-refractivity contribution in [3.8, 4) is 6.07 Å². The molecule has 0 radical (unpaired) electrons. The Hall–Kier alpha value is -1.55. The van der Waals surface area contributed by atoms with Gasteiger partial charge < -0.3 is 4.74 Å². The first-order valence-corrected chi connectivity index (χ1v) is 5.36. The molecule has 0 bridgehead atoms. The Morgan fingerprint density at radius 1 is 1.71 bits per heavy atom. The van der Waals surface area contributed by atoms with Crippen LogP contribution in [0.2, 0.25) is 0 Å². The van der Waals surface area contributed by atoms with Gasteiger partial charge in [0.2, 0.25) is 0 Å². The Kier molecular flexibility index (Phi) is 4.52. The van der Waals surface area contributed by atoms with Crippen molar-refractivity contribution in [2.45, 2.75) is 13.3 Å². The number of ether oxygens (including phenoxy) is 1. The molecule has 0 saturated heterocycles. The Balaban J connectivity index is 3.37. The first kappa shape index (κ1) is 13.5. The summed E-state index contributed by atoms with van der Waals surface area (Å²) < 4.78 is 30.2. The summed E-state index contributed by atoms with van der Waals surface area (Å²) >= 11 is 2.95. The Labute approximate surface area is 104 Å². The Morgan fingerprint density at radius 2 is 2.35 bits per heavy atom. The van der Waals surface area contributed by atoms with Gasteiger partial charge in [-0.2, -0.15) is 5.26 Å². The average Bonchev–Trinajstić information content (AvgIpc) is 2.27. The summed E-state index contributed by atoms with van der Waals surface area (Å²) in [4.78, 5) is 14.9. The average molecular weight is 305 g/mol. The number of hydrogen-bond acceptors (Lipinski definition) is 4. The van der Waals surface area contributed by atoms with E-state index in [-0.39, 0.29) is 22.3 Å². The first-order chi connectivity index (χ1) is 8.01. The molecule has 0 unspecified atom stereocenters. The molecular weight excluding hydrogens is 298 g/mol. The van der Waals surface area contributed by atoms with E-state index in [0.717, 1.165) is 0 Å². The fourth-order valence-corrected chi connectivity index (χ4v) is 1.73. The van der Waals surface area contributed by atoms with Gasteiger partial charge in [-0.05, 0) is 28.9 Å². The summed E-state index contributed by atoms with van der Waals surface area (Å²) in [5, 5.41) is 8.61. The number of hydrogen-bond donors (Lipinski definition) is 0. The first-order valence-electron chi connectivity index (χ1n) is 4.57. The van der Waals surface area contributed by atoms with Crippen LogP contribution in [0, 0.1) is 11.3 Å². The second-order valence-corrected chi connectivity index (χ2v) is 3.74. The predicted octanol–water partition coefficient (Wildman–Crippen LogP) is 2.83. The highest BCUT2D eigenvalue weighted by Crippen LogP contribution is 2.28. The highest BCUT2D eigenvalue weighted by molar-refractivity contribution is 9.10. The van der Waals surface area contributed by atoms with Crippen molar-refractivity contribution in [2.75, 3.05) is 6.61 Å². The van der Waals surface area contributed by atoms with Gasteiger partial charge in [-0.15, -0.1) is 0 Å². The molecule has 0 aromatic carbocycles. The number of alkyl halides is 2. The number of nitrogens with zero attached hydrogens (tertiary/aromatic N) is 2.